The van der Waals surface area contributed by atoms with Crippen LogP contribution in [0.1, 0.15) is 30.3 Å². The molecule has 0 aliphatic heterocycles. The molecule has 0 bridgehead atoms. The highest BCUT2D eigenvalue weighted by Gasteiger charge is 2.29. The van der Waals surface area contributed by atoms with Gasteiger partial charge < -0.3 is 21.4 Å². The van der Waals surface area contributed by atoms with Gasteiger partial charge in [0.25, 0.3) is 0 Å². The lowest BCUT2D eigenvalue weighted by molar-refractivity contribution is 0.345. The molecule has 8 nitrogen and oxygen atoms in total. The first kappa shape index (κ1) is 13.7. The molecule has 1 saturated carbocycles. The highest BCUT2D eigenvalue weighted by molar-refractivity contribution is 5.42. The zero-order valence-electron chi connectivity index (χ0n) is 12.0. The van der Waals surface area contributed by atoms with E-state index in [1.165, 1.54) is 0 Å². The normalized spacial score (nSPS) is 21.0. The van der Waals surface area contributed by atoms with Crippen molar-refractivity contribution in [3.05, 3.63) is 23.9 Å². The van der Waals surface area contributed by atoms with Crippen LogP contribution in [0.2, 0.25) is 0 Å². The van der Waals surface area contributed by atoms with E-state index in [9.17, 15) is 0 Å². The van der Waals surface area contributed by atoms with Gasteiger partial charge in [-0.05, 0) is 12.8 Å². The third-order valence-corrected chi connectivity index (χ3v) is 3.82. The van der Waals surface area contributed by atoms with Crippen molar-refractivity contribution in [2.75, 3.05) is 17.6 Å². The summed E-state index contributed by atoms with van der Waals surface area (Å²) in [7, 11) is 1.93. The van der Waals surface area contributed by atoms with E-state index in [4.69, 9.17) is 11.5 Å². The van der Waals surface area contributed by atoms with Crippen molar-refractivity contribution in [2.24, 2.45) is 12.8 Å². The zero-order valence-corrected chi connectivity index (χ0v) is 12.0. The molecular formula is C13H20N8. The molecule has 1 aliphatic carbocycles. The van der Waals surface area contributed by atoms with E-state index in [1.807, 2.05) is 17.7 Å². The van der Waals surface area contributed by atoms with Crippen LogP contribution in [0.4, 0.5) is 11.8 Å². The number of nitrogens with one attached hydrogen (secondary N) is 1. The van der Waals surface area contributed by atoms with Crippen molar-refractivity contribution in [3.8, 4) is 0 Å². The van der Waals surface area contributed by atoms with Crippen molar-refractivity contribution in [1.29, 1.82) is 0 Å². The number of aryl methyl sites for hydroxylation is 1. The molecule has 0 saturated heterocycles. The summed E-state index contributed by atoms with van der Waals surface area (Å²) < 4.78 is 1.90. The standard InChI is InChI=1S/C13H20N8/c1-21-7-17-20-12(21)2-3-16-11-6-10(18-13(15)19-11)8-4-9(14)5-8/h6-9H,2-5,14H2,1H3,(H3,15,16,18,19). The van der Waals surface area contributed by atoms with E-state index >= 15 is 0 Å². The number of hydrogen-bond donors (Lipinski definition) is 3. The Hall–Kier alpha value is -2.22. The van der Waals surface area contributed by atoms with Gasteiger partial charge in [-0.3, -0.25) is 0 Å². The van der Waals surface area contributed by atoms with E-state index in [0.717, 1.165) is 36.6 Å². The van der Waals surface area contributed by atoms with E-state index < -0.39 is 0 Å². The molecule has 112 valence electrons. The Balaban J connectivity index is 1.61. The van der Waals surface area contributed by atoms with Crippen LogP contribution in [0.15, 0.2) is 12.4 Å². The highest BCUT2D eigenvalue weighted by Crippen LogP contribution is 2.35. The number of nitrogens with two attached hydrogens (primary N) is 2. The molecule has 0 spiro atoms. The number of hydrogen-bond acceptors (Lipinski definition) is 7. The Morgan fingerprint density at radius 2 is 2.19 bits per heavy atom. The second kappa shape index (κ2) is 5.65. The van der Waals surface area contributed by atoms with Crippen molar-refractivity contribution in [1.82, 2.24) is 24.7 Å². The average Bonchev–Trinajstić information content (AvgIpc) is 2.80. The van der Waals surface area contributed by atoms with Crippen LogP contribution < -0.4 is 16.8 Å². The van der Waals surface area contributed by atoms with Gasteiger partial charge in [0.1, 0.15) is 18.0 Å². The molecular weight excluding hydrogens is 268 g/mol. The van der Waals surface area contributed by atoms with Gasteiger partial charge in [0.05, 0.1) is 5.69 Å². The molecule has 0 atom stereocenters. The zero-order chi connectivity index (χ0) is 14.8. The molecule has 0 radical (unpaired) electrons. The third-order valence-electron chi connectivity index (χ3n) is 3.82. The van der Waals surface area contributed by atoms with Crippen LogP contribution in [0.5, 0.6) is 0 Å². The lowest BCUT2D eigenvalue weighted by Gasteiger charge is -2.32. The summed E-state index contributed by atoms with van der Waals surface area (Å²) in [4.78, 5) is 8.52. The fourth-order valence-electron chi connectivity index (χ4n) is 2.52. The van der Waals surface area contributed by atoms with Crippen LogP contribution in [-0.4, -0.2) is 37.3 Å². The Kier molecular flexibility index (Phi) is 3.70. The summed E-state index contributed by atoms with van der Waals surface area (Å²) in [5, 5.41) is 11.2. The van der Waals surface area contributed by atoms with Gasteiger partial charge in [-0.15, -0.1) is 10.2 Å². The minimum absolute atomic E-state index is 0.290. The Labute approximate surface area is 123 Å². The minimum atomic E-state index is 0.290. The van der Waals surface area contributed by atoms with Gasteiger partial charge in [0.15, 0.2) is 0 Å². The average molecular weight is 288 g/mol. The van der Waals surface area contributed by atoms with Crippen molar-refractivity contribution in [2.45, 2.75) is 31.2 Å². The Morgan fingerprint density at radius 1 is 1.38 bits per heavy atom. The Bertz CT molecular complexity index is 616. The maximum atomic E-state index is 5.83. The summed E-state index contributed by atoms with van der Waals surface area (Å²) in [6, 6.07) is 2.25. The van der Waals surface area contributed by atoms with Gasteiger partial charge in [-0.1, -0.05) is 0 Å². The summed E-state index contributed by atoms with van der Waals surface area (Å²) in [6.45, 7) is 0.715. The predicted molar refractivity (Wildman–Crippen MR) is 79.6 cm³/mol. The van der Waals surface area contributed by atoms with Gasteiger partial charge >= 0.3 is 0 Å². The number of rotatable bonds is 5. The van der Waals surface area contributed by atoms with Crippen molar-refractivity contribution >= 4 is 11.8 Å². The second-order valence-electron chi connectivity index (χ2n) is 5.50. The van der Waals surface area contributed by atoms with E-state index in [2.05, 4.69) is 25.5 Å². The maximum absolute atomic E-state index is 5.83. The molecule has 2 aromatic heterocycles. The van der Waals surface area contributed by atoms with Crippen LogP contribution in [0.25, 0.3) is 0 Å². The van der Waals surface area contributed by atoms with Crippen LogP contribution in [0, 0.1) is 0 Å². The monoisotopic (exact) mass is 288 g/mol. The summed E-state index contributed by atoms with van der Waals surface area (Å²) in [6.07, 6.45) is 4.39. The first-order valence-corrected chi connectivity index (χ1v) is 7.08. The molecule has 1 aliphatic rings. The molecule has 0 unspecified atom stereocenters. The largest absolute Gasteiger partial charge is 0.369 e. The van der Waals surface area contributed by atoms with E-state index in [-0.39, 0.29) is 0 Å². The van der Waals surface area contributed by atoms with Gasteiger partial charge in [0, 0.05) is 38.0 Å². The second-order valence-corrected chi connectivity index (χ2v) is 5.50. The molecule has 0 aromatic carbocycles. The quantitative estimate of drug-likeness (QED) is 0.710. The van der Waals surface area contributed by atoms with Crippen LogP contribution >= 0.6 is 0 Å². The SMILES string of the molecule is Cn1cnnc1CCNc1cc(C2CC(N)C2)nc(N)n1. The number of aromatic nitrogens is 5. The molecule has 0 amide bonds. The van der Waals surface area contributed by atoms with Gasteiger partial charge in [-0.25, -0.2) is 4.98 Å². The molecule has 2 heterocycles. The molecule has 5 N–H and O–H groups in total. The first-order chi connectivity index (χ1) is 10.1. The van der Waals surface area contributed by atoms with Crippen LogP contribution in [-0.2, 0) is 13.5 Å². The summed E-state index contributed by atoms with van der Waals surface area (Å²) >= 11 is 0. The van der Waals surface area contributed by atoms with Crippen molar-refractivity contribution < 1.29 is 0 Å². The Morgan fingerprint density at radius 3 is 2.86 bits per heavy atom. The fraction of sp³-hybridized carbons (Fsp3) is 0.538. The number of anilines is 2. The lowest BCUT2D eigenvalue weighted by Crippen LogP contribution is -2.35. The molecule has 1 fully saturated rings. The van der Waals surface area contributed by atoms with E-state index in [0.29, 0.717) is 24.5 Å². The highest BCUT2D eigenvalue weighted by atomic mass is 15.2. The van der Waals surface area contributed by atoms with E-state index in [1.54, 1.807) is 6.33 Å². The first-order valence-electron chi connectivity index (χ1n) is 7.08. The fourth-order valence-corrected chi connectivity index (χ4v) is 2.52. The molecule has 3 rings (SSSR count). The smallest absolute Gasteiger partial charge is 0.222 e. The summed E-state index contributed by atoms with van der Waals surface area (Å²) in [5.41, 5.74) is 12.6. The topological polar surface area (TPSA) is 121 Å². The van der Waals surface area contributed by atoms with Crippen LogP contribution in [0.3, 0.4) is 0 Å². The van der Waals surface area contributed by atoms with Gasteiger partial charge in [-0.2, -0.15) is 4.98 Å². The summed E-state index contributed by atoms with van der Waals surface area (Å²) in [5.74, 6) is 2.38. The number of nitrogen functional groups attached to an aromatic ring is 1. The molecule has 21 heavy (non-hydrogen) atoms. The molecule has 8 heteroatoms. The number of nitrogens with zero attached hydrogens (tertiary/aromatic N) is 5. The minimum Gasteiger partial charge on any atom is -0.369 e. The molecule has 2 aromatic rings. The lowest BCUT2D eigenvalue weighted by atomic mass is 9.78. The predicted octanol–water partition coefficient (Wildman–Crippen LogP) is 0.0466. The third kappa shape index (κ3) is 3.10. The van der Waals surface area contributed by atoms with Crippen molar-refractivity contribution in [3.63, 3.8) is 0 Å². The van der Waals surface area contributed by atoms with Gasteiger partial charge in [0.2, 0.25) is 5.95 Å². The maximum Gasteiger partial charge on any atom is 0.222 e.